The second-order valence-corrected chi connectivity index (χ2v) is 6.96. The Hall–Kier alpha value is -2.08. The minimum Gasteiger partial charge on any atom is -0.481 e. The fourth-order valence-corrected chi connectivity index (χ4v) is 2.07. The highest BCUT2D eigenvalue weighted by Crippen LogP contribution is 2.19. The van der Waals surface area contributed by atoms with E-state index in [1.54, 1.807) is 45.0 Å². The first-order valence-electron chi connectivity index (χ1n) is 7.64. The van der Waals surface area contributed by atoms with Gasteiger partial charge in [0.15, 0.2) is 0 Å². The molecule has 2 amide bonds. The third-order valence-corrected chi connectivity index (χ3v) is 3.56. The molecule has 0 aliphatic rings. The van der Waals surface area contributed by atoms with Crippen molar-refractivity contribution in [3.63, 3.8) is 0 Å². The Labute approximate surface area is 146 Å². The molecule has 1 aromatic carbocycles. The van der Waals surface area contributed by atoms with Gasteiger partial charge in [0.1, 0.15) is 0 Å². The minimum atomic E-state index is -1.02. The summed E-state index contributed by atoms with van der Waals surface area (Å²) in [6, 6.07) is 5.99. The van der Waals surface area contributed by atoms with Gasteiger partial charge in [-0.15, -0.1) is 0 Å². The van der Waals surface area contributed by atoms with E-state index in [0.29, 0.717) is 10.6 Å². The molecule has 0 aromatic heterocycles. The first-order chi connectivity index (χ1) is 11.1. The zero-order valence-electron chi connectivity index (χ0n) is 14.1. The van der Waals surface area contributed by atoms with Crippen LogP contribution < -0.4 is 10.6 Å². The zero-order chi connectivity index (χ0) is 18.3. The molecule has 7 heteroatoms. The molecule has 0 saturated heterocycles. The number of carboxylic acids is 1. The maximum absolute atomic E-state index is 12.0. The summed E-state index contributed by atoms with van der Waals surface area (Å²) in [5.74, 6) is -1.49. The van der Waals surface area contributed by atoms with Crippen molar-refractivity contribution in [3.05, 3.63) is 34.9 Å². The number of benzene rings is 1. The molecule has 0 fully saturated rings. The highest BCUT2D eigenvalue weighted by molar-refractivity contribution is 6.30. The van der Waals surface area contributed by atoms with Crippen molar-refractivity contribution in [1.82, 2.24) is 10.6 Å². The average Bonchev–Trinajstić information content (AvgIpc) is 2.45. The maximum atomic E-state index is 12.0. The highest BCUT2D eigenvalue weighted by Gasteiger charge is 2.21. The van der Waals surface area contributed by atoms with Crippen LogP contribution in [0.4, 0.5) is 0 Å². The van der Waals surface area contributed by atoms with Gasteiger partial charge in [-0.1, -0.05) is 44.5 Å². The molecule has 0 saturated carbocycles. The van der Waals surface area contributed by atoms with Crippen LogP contribution in [0.15, 0.2) is 24.3 Å². The second kappa shape index (κ2) is 8.68. The summed E-state index contributed by atoms with van der Waals surface area (Å²) in [7, 11) is 0. The van der Waals surface area contributed by atoms with E-state index in [1.165, 1.54) is 0 Å². The molecule has 1 atom stereocenters. The summed E-state index contributed by atoms with van der Waals surface area (Å²) < 4.78 is 0. The Kier molecular flexibility index (Phi) is 7.22. The molecule has 6 nitrogen and oxygen atoms in total. The number of carboxylic acid groups (broad SMARTS) is 1. The van der Waals surface area contributed by atoms with Crippen LogP contribution >= 0.6 is 11.6 Å². The van der Waals surface area contributed by atoms with Gasteiger partial charge in [-0.05, 0) is 17.7 Å². The first kappa shape index (κ1) is 20.0. The fourth-order valence-electron chi connectivity index (χ4n) is 1.94. The van der Waals surface area contributed by atoms with Crippen LogP contribution in [0.3, 0.4) is 0 Å². The number of hydrogen-bond acceptors (Lipinski definition) is 3. The van der Waals surface area contributed by atoms with Crippen LogP contribution in [0.25, 0.3) is 0 Å². The first-order valence-corrected chi connectivity index (χ1v) is 8.02. The lowest BCUT2D eigenvalue weighted by atomic mass is 9.96. The van der Waals surface area contributed by atoms with Crippen LogP contribution in [0.1, 0.15) is 45.2 Å². The summed E-state index contributed by atoms with van der Waals surface area (Å²) in [6.07, 6.45) is -0.159. The molecule has 1 rings (SSSR count). The molecule has 0 unspecified atom stereocenters. The predicted molar refractivity (Wildman–Crippen MR) is 91.7 cm³/mol. The lowest BCUT2D eigenvalue weighted by Crippen LogP contribution is -2.38. The number of hydrogen-bond donors (Lipinski definition) is 3. The third kappa shape index (κ3) is 7.00. The number of amides is 2. The van der Waals surface area contributed by atoms with Crippen LogP contribution in [-0.2, 0) is 14.4 Å². The Morgan fingerprint density at radius 3 is 2.25 bits per heavy atom. The van der Waals surface area contributed by atoms with Crippen molar-refractivity contribution < 1.29 is 19.5 Å². The van der Waals surface area contributed by atoms with Crippen molar-refractivity contribution >= 4 is 29.4 Å². The Morgan fingerprint density at radius 2 is 1.75 bits per heavy atom. The molecule has 3 N–H and O–H groups in total. The molecule has 0 aliphatic carbocycles. The molecule has 0 aliphatic heterocycles. The fraction of sp³-hybridized carbons (Fsp3) is 0.471. The van der Waals surface area contributed by atoms with Gasteiger partial charge in [-0.3, -0.25) is 14.4 Å². The molecule has 132 valence electrons. The van der Waals surface area contributed by atoms with E-state index in [0.717, 1.165) is 0 Å². The van der Waals surface area contributed by atoms with E-state index in [-0.39, 0.29) is 31.2 Å². The van der Waals surface area contributed by atoms with Crippen LogP contribution in [0, 0.1) is 5.41 Å². The smallest absolute Gasteiger partial charge is 0.305 e. The lowest BCUT2D eigenvalue weighted by molar-refractivity contribution is -0.137. The van der Waals surface area contributed by atoms with Gasteiger partial charge < -0.3 is 15.7 Å². The number of halogens is 1. The van der Waals surface area contributed by atoms with Crippen LogP contribution in [-0.4, -0.2) is 29.4 Å². The number of carbonyl (C=O) groups is 3. The molecule has 24 heavy (non-hydrogen) atoms. The number of aliphatic carboxylic acids is 1. The highest BCUT2D eigenvalue weighted by atomic mass is 35.5. The number of nitrogens with one attached hydrogen (secondary N) is 2. The largest absolute Gasteiger partial charge is 0.481 e. The summed E-state index contributed by atoms with van der Waals surface area (Å²) >= 11 is 5.82. The molecular formula is C17H23ClN2O4. The minimum absolute atomic E-state index is 0.0749. The van der Waals surface area contributed by atoms with Crippen LogP contribution in [0.5, 0.6) is 0 Å². The summed E-state index contributed by atoms with van der Waals surface area (Å²) in [6.45, 7) is 5.55. The van der Waals surface area contributed by atoms with Gasteiger partial charge in [0, 0.05) is 23.4 Å². The number of carbonyl (C=O) groups excluding carboxylic acids is 2. The molecule has 0 spiro atoms. The van der Waals surface area contributed by atoms with Crippen molar-refractivity contribution in [2.24, 2.45) is 5.41 Å². The van der Waals surface area contributed by atoms with Crippen molar-refractivity contribution in [2.45, 2.75) is 39.7 Å². The molecule has 0 radical (unpaired) electrons. The Morgan fingerprint density at radius 1 is 1.17 bits per heavy atom. The van der Waals surface area contributed by atoms with E-state index in [1.807, 2.05) is 0 Å². The quantitative estimate of drug-likeness (QED) is 0.701. The van der Waals surface area contributed by atoms with Gasteiger partial charge in [0.2, 0.25) is 11.8 Å². The molecular weight excluding hydrogens is 332 g/mol. The van der Waals surface area contributed by atoms with E-state index in [2.05, 4.69) is 10.6 Å². The van der Waals surface area contributed by atoms with E-state index in [9.17, 15) is 14.4 Å². The predicted octanol–water partition coefficient (Wildman–Crippen LogP) is 2.52. The van der Waals surface area contributed by atoms with E-state index >= 15 is 0 Å². The van der Waals surface area contributed by atoms with Gasteiger partial charge >= 0.3 is 5.97 Å². The van der Waals surface area contributed by atoms with Crippen LogP contribution in [0.2, 0.25) is 5.02 Å². The Bertz CT molecular complexity index is 594. The lowest BCUT2D eigenvalue weighted by Gasteiger charge is -2.19. The second-order valence-electron chi connectivity index (χ2n) is 6.53. The topological polar surface area (TPSA) is 95.5 Å². The van der Waals surface area contributed by atoms with Gasteiger partial charge in [0.25, 0.3) is 0 Å². The van der Waals surface area contributed by atoms with Crippen molar-refractivity contribution in [3.8, 4) is 0 Å². The van der Waals surface area contributed by atoms with Crippen molar-refractivity contribution in [1.29, 1.82) is 0 Å². The molecule has 1 aromatic rings. The molecule has 0 bridgehead atoms. The monoisotopic (exact) mass is 354 g/mol. The standard InChI is InChI=1S/C17H23ClN2O4/c1-17(2,3)16(24)19-9-8-14(21)20-13(10-15(22)23)11-4-6-12(18)7-5-11/h4-7,13H,8-10H2,1-3H3,(H,19,24)(H,20,21)(H,22,23)/t13-/m0/s1. The SMILES string of the molecule is CC(C)(C)C(=O)NCCC(=O)N[C@@H](CC(=O)O)c1ccc(Cl)cc1. The van der Waals surface area contributed by atoms with Gasteiger partial charge in [-0.2, -0.15) is 0 Å². The summed E-state index contributed by atoms with van der Waals surface area (Å²) in [5.41, 5.74) is 0.139. The van der Waals surface area contributed by atoms with Crippen molar-refractivity contribution in [2.75, 3.05) is 6.54 Å². The average molecular weight is 355 g/mol. The molecule has 0 heterocycles. The van der Waals surface area contributed by atoms with Gasteiger partial charge in [-0.25, -0.2) is 0 Å². The number of rotatable bonds is 7. The van der Waals surface area contributed by atoms with E-state index < -0.39 is 17.4 Å². The van der Waals surface area contributed by atoms with Gasteiger partial charge in [0.05, 0.1) is 12.5 Å². The normalized spacial score (nSPS) is 12.3. The van der Waals surface area contributed by atoms with E-state index in [4.69, 9.17) is 16.7 Å². The third-order valence-electron chi connectivity index (χ3n) is 3.31. The Balaban J connectivity index is 2.60. The summed E-state index contributed by atoms with van der Waals surface area (Å²) in [4.78, 5) is 34.8. The zero-order valence-corrected chi connectivity index (χ0v) is 14.8. The summed E-state index contributed by atoms with van der Waals surface area (Å²) in [5, 5.41) is 14.9. The maximum Gasteiger partial charge on any atom is 0.305 e.